The smallest absolute Gasteiger partial charge is 0.358 e. The molecular weight excluding hydrogens is 316 g/mol. The van der Waals surface area contributed by atoms with Gasteiger partial charge in [-0.15, -0.1) is 11.3 Å². The Hall–Kier alpha value is -2.41. The summed E-state index contributed by atoms with van der Waals surface area (Å²) in [5, 5.41) is 2.32. The number of likely N-dealkylation sites (N-methyl/N-ethyl adjacent to an activating group) is 1. The van der Waals surface area contributed by atoms with Crippen LogP contribution in [0.4, 0.5) is 0 Å². The Labute approximate surface area is 138 Å². The van der Waals surface area contributed by atoms with Crippen molar-refractivity contribution in [1.82, 2.24) is 9.88 Å². The number of hydrogen-bond acceptors (Lipinski definition) is 6. The van der Waals surface area contributed by atoms with E-state index < -0.39 is 12.1 Å². The summed E-state index contributed by atoms with van der Waals surface area (Å²) in [6.45, 7) is 1.54. The largest absolute Gasteiger partial charge is 0.497 e. The summed E-state index contributed by atoms with van der Waals surface area (Å²) in [4.78, 5) is 29.4. The van der Waals surface area contributed by atoms with Gasteiger partial charge in [-0.25, -0.2) is 9.78 Å². The third-order valence-corrected chi connectivity index (χ3v) is 4.01. The van der Waals surface area contributed by atoms with E-state index in [1.54, 1.807) is 26.6 Å². The zero-order valence-corrected chi connectivity index (χ0v) is 14.2. The van der Waals surface area contributed by atoms with Crippen LogP contribution in [0, 0.1) is 0 Å². The normalized spacial score (nSPS) is 11.7. The number of thiazole rings is 1. The molecule has 2 aromatic rings. The molecule has 1 heterocycles. The van der Waals surface area contributed by atoms with E-state index in [0.717, 1.165) is 11.3 Å². The van der Waals surface area contributed by atoms with E-state index in [9.17, 15) is 9.59 Å². The van der Waals surface area contributed by atoms with Gasteiger partial charge in [0.05, 0.1) is 7.11 Å². The highest BCUT2D eigenvalue weighted by Crippen LogP contribution is 2.26. The van der Waals surface area contributed by atoms with Crippen molar-refractivity contribution >= 4 is 23.2 Å². The standard InChI is InChI=1S/C16H18N2O4S/c1-10(15(19)18(2)3)22-16(20)13-9-23-14(17-13)11-5-7-12(21-4)8-6-11/h5-10H,1-4H3/t10-/m0/s1. The summed E-state index contributed by atoms with van der Waals surface area (Å²) >= 11 is 1.34. The molecule has 6 nitrogen and oxygen atoms in total. The number of rotatable bonds is 5. The van der Waals surface area contributed by atoms with Crippen LogP contribution >= 0.6 is 11.3 Å². The molecule has 7 heteroatoms. The molecule has 0 bridgehead atoms. The average molecular weight is 334 g/mol. The summed E-state index contributed by atoms with van der Waals surface area (Å²) in [7, 11) is 4.82. The van der Waals surface area contributed by atoms with E-state index in [0.29, 0.717) is 5.01 Å². The highest BCUT2D eigenvalue weighted by molar-refractivity contribution is 7.13. The van der Waals surface area contributed by atoms with Gasteiger partial charge >= 0.3 is 5.97 Å². The molecule has 0 aliphatic heterocycles. The molecule has 0 unspecified atom stereocenters. The van der Waals surface area contributed by atoms with Gasteiger partial charge in [0.1, 0.15) is 10.8 Å². The first-order chi connectivity index (χ1) is 10.9. The number of esters is 1. The Morgan fingerprint density at radius 1 is 1.22 bits per heavy atom. The molecule has 1 amide bonds. The lowest BCUT2D eigenvalue weighted by Gasteiger charge is -2.16. The predicted octanol–water partition coefficient (Wildman–Crippen LogP) is 2.45. The van der Waals surface area contributed by atoms with Crippen LogP contribution in [0.5, 0.6) is 5.75 Å². The molecule has 0 fully saturated rings. The lowest BCUT2D eigenvalue weighted by molar-refractivity contribution is -0.137. The van der Waals surface area contributed by atoms with Gasteiger partial charge in [-0.1, -0.05) is 0 Å². The van der Waals surface area contributed by atoms with E-state index in [2.05, 4.69) is 4.98 Å². The van der Waals surface area contributed by atoms with Gasteiger partial charge < -0.3 is 14.4 Å². The number of aromatic nitrogens is 1. The molecule has 0 saturated carbocycles. The maximum atomic E-state index is 12.1. The van der Waals surface area contributed by atoms with Crippen molar-refractivity contribution in [2.45, 2.75) is 13.0 Å². The summed E-state index contributed by atoms with van der Waals surface area (Å²) in [5.41, 5.74) is 1.08. The zero-order chi connectivity index (χ0) is 17.0. The van der Waals surface area contributed by atoms with E-state index in [1.807, 2.05) is 24.3 Å². The van der Waals surface area contributed by atoms with Crippen molar-refractivity contribution in [2.24, 2.45) is 0 Å². The minimum absolute atomic E-state index is 0.194. The van der Waals surface area contributed by atoms with Gasteiger partial charge in [0.15, 0.2) is 11.8 Å². The SMILES string of the molecule is COc1ccc(-c2nc(C(=O)O[C@@H](C)C(=O)N(C)C)cs2)cc1. The number of amides is 1. The predicted molar refractivity (Wildman–Crippen MR) is 87.7 cm³/mol. The lowest BCUT2D eigenvalue weighted by Crippen LogP contribution is -2.34. The quantitative estimate of drug-likeness (QED) is 0.786. The first-order valence-electron chi connectivity index (χ1n) is 6.94. The maximum Gasteiger partial charge on any atom is 0.358 e. The number of benzene rings is 1. The van der Waals surface area contributed by atoms with Crippen molar-refractivity contribution < 1.29 is 19.1 Å². The van der Waals surface area contributed by atoms with Crippen molar-refractivity contribution in [1.29, 1.82) is 0 Å². The van der Waals surface area contributed by atoms with Gasteiger partial charge in [-0.05, 0) is 31.2 Å². The lowest BCUT2D eigenvalue weighted by atomic mass is 10.2. The zero-order valence-electron chi connectivity index (χ0n) is 13.4. The third kappa shape index (κ3) is 4.07. The van der Waals surface area contributed by atoms with Crippen molar-refractivity contribution in [3.8, 4) is 16.3 Å². The molecule has 23 heavy (non-hydrogen) atoms. The number of hydrogen-bond donors (Lipinski definition) is 0. The second kappa shape index (κ2) is 7.23. The molecule has 0 spiro atoms. The number of ether oxygens (including phenoxy) is 2. The van der Waals surface area contributed by atoms with Gasteiger partial charge in [0.2, 0.25) is 0 Å². The Kier molecular flexibility index (Phi) is 5.33. The van der Waals surface area contributed by atoms with Crippen LogP contribution in [-0.4, -0.2) is 49.1 Å². The van der Waals surface area contributed by atoms with Gasteiger partial charge in [0, 0.05) is 25.0 Å². The first kappa shape index (κ1) is 17.0. The Morgan fingerprint density at radius 3 is 2.43 bits per heavy atom. The first-order valence-corrected chi connectivity index (χ1v) is 7.82. The molecule has 0 aliphatic rings. The van der Waals surface area contributed by atoms with Gasteiger partial charge in [-0.3, -0.25) is 4.79 Å². The number of carbonyl (C=O) groups is 2. The summed E-state index contributed by atoms with van der Waals surface area (Å²) in [6.07, 6.45) is -0.844. The minimum Gasteiger partial charge on any atom is -0.497 e. The molecule has 0 N–H and O–H groups in total. The fourth-order valence-corrected chi connectivity index (χ4v) is 2.66. The van der Waals surface area contributed by atoms with Crippen LogP contribution in [0.25, 0.3) is 10.6 Å². The van der Waals surface area contributed by atoms with E-state index in [4.69, 9.17) is 9.47 Å². The minimum atomic E-state index is -0.844. The van der Waals surface area contributed by atoms with Crippen LogP contribution in [0.2, 0.25) is 0 Å². The topological polar surface area (TPSA) is 68.7 Å². The van der Waals surface area contributed by atoms with Crippen molar-refractivity contribution in [2.75, 3.05) is 21.2 Å². The molecule has 1 aromatic carbocycles. The fraction of sp³-hybridized carbons (Fsp3) is 0.312. The Bertz CT molecular complexity index is 694. The highest BCUT2D eigenvalue weighted by atomic mass is 32.1. The van der Waals surface area contributed by atoms with Crippen LogP contribution in [0.3, 0.4) is 0 Å². The third-order valence-electron chi connectivity index (χ3n) is 3.12. The molecule has 1 aromatic heterocycles. The van der Waals surface area contributed by atoms with Crippen LogP contribution < -0.4 is 4.74 Å². The van der Waals surface area contributed by atoms with Crippen molar-refractivity contribution in [3.63, 3.8) is 0 Å². The second-order valence-electron chi connectivity index (χ2n) is 5.05. The van der Waals surface area contributed by atoms with Crippen LogP contribution in [0.15, 0.2) is 29.6 Å². The Balaban J connectivity index is 2.08. The number of nitrogens with zero attached hydrogens (tertiary/aromatic N) is 2. The van der Waals surface area contributed by atoms with E-state index >= 15 is 0 Å². The molecule has 1 atom stereocenters. The number of methoxy groups -OCH3 is 1. The van der Waals surface area contributed by atoms with Crippen molar-refractivity contribution in [3.05, 3.63) is 35.3 Å². The molecule has 2 rings (SSSR count). The molecule has 122 valence electrons. The van der Waals surface area contributed by atoms with Crippen LogP contribution in [0.1, 0.15) is 17.4 Å². The van der Waals surface area contributed by atoms with E-state index in [-0.39, 0.29) is 11.6 Å². The highest BCUT2D eigenvalue weighted by Gasteiger charge is 2.22. The monoisotopic (exact) mass is 334 g/mol. The Morgan fingerprint density at radius 2 is 1.87 bits per heavy atom. The van der Waals surface area contributed by atoms with E-state index in [1.165, 1.54) is 23.2 Å². The average Bonchev–Trinajstić information content (AvgIpc) is 3.04. The summed E-state index contributed by atoms with van der Waals surface area (Å²) < 4.78 is 10.2. The van der Waals surface area contributed by atoms with Gasteiger partial charge in [0.25, 0.3) is 5.91 Å². The molecule has 0 radical (unpaired) electrons. The van der Waals surface area contributed by atoms with Crippen LogP contribution in [-0.2, 0) is 9.53 Å². The molecule has 0 saturated heterocycles. The second-order valence-corrected chi connectivity index (χ2v) is 5.90. The van der Waals surface area contributed by atoms with Gasteiger partial charge in [-0.2, -0.15) is 0 Å². The maximum absolute atomic E-state index is 12.1. The fourth-order valence-electron chi connectivity index (χ4n) is 1.87. The molecular formula is C16H18N2O4S. The molecule has 0 aliphatic carbocycles. The summed E-state index contributed by atoms with van der Waals surface area (Å²) in [6, 6.07) is 7.38. The summed E-state index contributed by atoms with van der Waals surface area (Å²) in [5.74, 6) is -0.131. The number of carbonyl (C=O) groups excluding carboxylic acids is 2.